The van der Waals surface area contributed by atoms with Crippen LogP contribution in [0.15, 0.2) is 42.1 Å². The number of aromatic nitrogens is 4. The van der Waals surface area contributed by atoms with Crippen LogP contribution in [-0.4, -0.2) is 49.6 Å². The van der Waals surface area contributed by atoms with Crippen molar-refractivity contribution in [1.29, 1.82) is 0 Å². The number of imidazole rings is 1. The van der Waals surface area contributed by atoms with Gasteiger partial charge in [-0.1, -0.05) is 37.3 Å². The molecular weight excluding hydrogens is 542 g/mol. The van der Waals surface area contributed by atoms with Gasteiger partial charge in [0.1, 0.15) is 16.3 Å². The van der Waals surface area contributed by atoms with Crippen LogP contribution < -0.4 is 14.4 Å². The summed E-state index contributed by atoms with van der Waals surface area (Å²) in [5.74, 6) is -0.470. The summed E-state index contributed by atoms with van der Waals surface area (Å²) in [4.78, 5) is 33.1. The minimum atomic E-state index is -0.989. The number of anilines is 1. The molecule has 11 heteroatoms. The summed E-state index contributed by atoms with van der Waals surface area (Å²) in [5.41, 5.74) is 2.90. The number of aryl methyl sites for hydroxylation is 3. The molecule has 0 spiro atoms. The van der Waals surface area contributed by atoms with Crippen LogP contribution in [0.4, 0.5) is 5.13 Å². The number of Topliss-reactive ketones (excluding diaryl/α,β-unsaturated/α-hetero) is 1. The molecule has 41 heavy (non-hydrogen) atoms. The monoisotopic (exact) mass is 575 g/mol. The standard InChI is InChI=1S/C30H33N5O5S/c1-7-39-22-15-20(10-11-21(22)40-14-12-16(2)3)25-23(27(37)29(38)35(25)30-33-32-19(6)41-30)26(36)24-18(5)34-13-8-9-17(4)28(34)31-24/h8-11,13,15-16,25,36H,7,12,14H2,1-6H3/b26-23+. The predicted octanol–water partition coefficient (Wildman–Crippen LogP) is 5.56. The summed E-state index contributed by atoms with van der Waals surface area (Å²) in [7, 11) is 0. The Labute approximate surface area is 242 Å². The topological polar surface area (TPSA) is 119 Å². The van der Waals surface area contributed by atoms with Gasteiger partial charge in [0.2, 0.25) is 5.13 Å². The Morgan fingerprint density at radius 3 is 2.54 bits per heavy atom. The van der Waals surface area contributed by atoms with Crippen molar-refractivity contribution >= 4 is 39.6 Å². The second kappa shape index (κ2) is 11.3. The molecule has 0 saturated carbocycles. The lowest BCUT2D eigenvalue weighted by molar-refractivity contribution is -0.132. The van der Waals surface area contributed by atoms with Crippen molar-refractivity contribution < 1.29 is 24.2 Å². The zero-order chi connectivity index (χ0) is 29.4. The lowest BCUT2D eigenvalue weighted by Crippen LogP contribution is -2.29. The first kappa shape index (κ1) is 28.3. The van der Waals surface area contributed by atoms with Gasteiger partial charge in [-0.05, 0) is 69.4 Å². The molecule has 0 aliphatic carbocycles. The molecule has 5 rings (SSSR count). The Kier molecular flexibility index (Phi) is 7.81. The number of fused-ring (bicyclic) bond motifs is 1. The predicted molar refractivity (Wildman–Crippen MR) is 157 cm³/mol. The summed E-state index contributed by atoms with van der Waals surface area (Å²) < 4.78 is 13.8. The van der Waals surface area contributed by atoms with Crippen LogP contribution in [0.3, 0.4) is 0 Å². The molecule has 0 radical (unpaired) electrons. The molecule has 1 aliphatic rings. The summed E-state index contributed by atoms with van der Waals surface area (Å²) in [5, 5.41) is 20.8. The summed E-state index contributed by atoms with van der Waals surface area (Å²) >= 11 is 1.19. The second-order valence-electron chi connectivity index (χ2n) is 10.4. The molecule has 3 aromatic heterocycles. The lowest BCUT2D eigenvalue weighted by Gasteiger charge is -2.23. The first-order valence-corrected chi connectivity index (χ1v) is 14.4. The van der Waals surface area contributed by atoms with E-state index in [4.69, 9.17) is 9.47 Å². The molecule has 4 heterocycles. The van der Waals surface area contributed by atoms with E-state index in [-0.39, 0.29) is 22.2 Å². The molecule has 1 aromatic carbocycles. The number of carbonyl (C=O) groups is 2. The average molecular weight is 576 g/mol. The molecule has 1 N–H and O–H groups in total. The van der Waals surface area contributed by atoms with Gasteiger partial charge >= 0.3 is 5.91 Å². The van der Waals surface area contributed by atoms with E-state index >= 15 is 0 Å². The third-order valence-electron chi connectivity index (χ3n) is 7.01. The molecule has 10 nitrogen and oxygen atoms in total. The van der Waals surface area contributed by atoms with E-state index in [0.717, 1.165) is 12.0 Å². The fourth-order valence-electron chi connectivity index (χ4n) is 4.89. The van der Waals surface area contributed by atoms with Gasteiger partial charge < -0.3 is 19.0 Å². The van der Waals surface area contributed by atoms with E-state index in [2.05, 4.69) is 29.0 Å². The third kappa shape index (κ3) is 5.17. The normalized spacial score (nSPS) is 16.8. The zero-order valence-electron chi connectivity index (χ0n) is 24.0. The highest BCUT2D eigenvalue weighted by molar-refractivity contribution is 7.15. The van der Waals surface area contributed by atoms with Crippen LogP contribution >= 0.6 is 11.3 Å². The molecule has 1 aliphatic heterocycles. The smallest absolute Gasteiger partial charge is 0.301 e. The molecule has 1 saturated heterocycles. The van der Waals surface area contributed by atoms with Gasteiger partial charge in [0.25, 0.3) is 5.78 Å². The fourth-order valence-corrected chi connectivity index (χ4v) is 5.60. The molecule has 1 unspecified atom stereocenters. The van der Waals surface area contributed by atoms with Crippen molar-refractivity contribution in [3.63, 3.8) is 0 Å². The van der Waals surface area contributed by atoms with E-state index in [1.165, 1.54) is 16.2 Å². The summed E-state index contributed by atoms with van der Waals surface area (Å²) in [6.45, 7) is 12.5. The molecule has 1 fully saturated rings. The number of aliphatic hydroxyl groups is 1. The molecule has 1 amide bonds. The zero-order valence-corrected chi connectivity index (χ0v) is 24.8. The number of ether oxygens (including phenoxy) is 2. The first-order valence-electron chi connectivity index (χ1n) is 13.6. The fraction of sp³-hybridized carbons (Fsp3) is 0.367. The molecule has 1 atom stereocenters. The number of aliphatic hydroxyl groups excluding tert-OH is 1. The van der Waals surface area contributed by atoms with Crippen LogP contribution in [0.5, 0.6) is 11.5 Å². The third-order valence-corrected chi connectivity index (χ3v) is 7.85. The minimum Gasteiger partial charge on any atom is -0.505 e. The van der Waals surface area contributed by atoms with Crippen LogP contribution in [0.25, 0.3) is 11.4 Å². The lowest BCUT2D eigenvalue weighted by atomic mass is 9.96. The van der Waals surface area contributed by atoms with Crippen LogP contribution in [0.1, 0.15) is 60.8 Å². The van der Waals surface area contributed by atoms with Crippen molar-refractivity contribution in [2.45, 2.75) is 54.0 Å². The van der Waals surface area contributed by atoms with Crippen LogP contribution in [0, 0.1) is 26.7 Å². The van der Waals surface area contributed by atoms with Gasteiger partial charge in [-0.15, -0.1) is 10.2 Å². The van der Waals surface area contributed by atoms with Gasteiger partial charge in [-0.2, -0.15) is 0 Å². The first-order chi connectivity index (χ1) is 19.6. The Balaban J connectivity index is 1.69. The molecule has 4 aromatic rings. The largest absolute Gasteiger partial charge is 0.505 e. The van der Waals surface area contributed by atoms with Crippen molar-refractivity contribution in [3.05, 3.63) is 69.6 Å². The van der Waals surface area contributed by atoms with Crippen molar-refractivity contribution in [3.8, 4) is 11.5 Å². The Hall–Kier alpha value is -4.25. The Bertz CT molecular complexity index is 1670. The Morgan fingerprint density at radius 2 is 1.88 bits per heavy atom. The van der Waals surface area contributed by atoms with Crippen molar-refractivity contribution in [2.24, 2.45) is 5.92 Å². The highest BCUT2D eigenvalue weighted by atomic mass is 32.1. The number of pyridine rings is 1. The average Bonchev–Trinajstić information content (AvgIpc) is 3.59. The number of nitrogens with zero attached hydrogens (tertiary/aromatic N) is 5. The van der Waals surface area contributed by atoms with Crippen LogP contribution in [-0.2, 0) is 9.59 Å². The highest BCUT2D eigenvalue weighted by Gasteiger charge is 2.49. The van der Waals surface area contributed by atoms with Crippen molar-refractivity contribution in [1.82, 2.24) is 19.6 Å². The maximum atomic E-state index is 13.6. The molecular formula is C30H33N5O5S. The number of amides is 1. The van der Waals surface area contributed by atoms with E-state index < -0.39 is 17.7 Å². The van der Waals surface area contributed by atoms with Gasteiger partial charge in [0.05, 0.1) is 30.5 Å². The second-order valence-corrected chi connectivity index (χ2v) is 11.5. The highest BCUT2D eigenvalue weighted by Crippen LogP contribution is 2.45. The van der Waals surface area contributed by atoms with Gasteiger partial charge in [0, 0.05) is 6.20 Å². The Morgan fingerprint density at radius 1 is 1.10 bits per heavy atom. The van der Waals surface area contributed by atoms with Crippen molar-refractivity contribution in [2.75, 3.05) is 18.1 Å². The van der Waals surface area contributed by atoms with Gasteiger partial charge in [-0.3, -0.25) is 14.5 Å². The van der Waals surface area contributed by atoms with Crippen LogP contribution in [0.2, 0.25) is 0 Å². The number of benzene rings is 1. The van der Waals surface area contributed by atoms with E-state index in [0.29, 0.717) is 52.5 Å². The van der Waals surface area contributed by atoms with E-state index in [1.54, 1.807) is 25.1 Å². The number of carbonyl (C=O) groups excluding carboxylic acids is 2. The number of ketones is 1. The number of hydrogen-bond acceptors (Lipinski definition) is 9. The number of hydrogen-bond donors (Lipinski definition) is 1. The summed E-state index contributed by atoms with van der Waals surface area (Å²) in [6.07, 6.45) is 2.72. The van der Waals surface area contributed by atoms with E-state index in [1.807, 2.05) is 43.5 Å². The molecule has 0 bridgehead atoms. The number of rotatable bonds is 9. The van der Waals surface area contributed by atoms with E-state index in [9.17, 15) is 14.7 Å². The quantitative estimate of drug-likeness (QED) is 0.157. The van der Waals surface area contributed by atoms with Gasteiger partial charge in [0.15, 0.2) is 17.3 Å². The minimum absolute atomic E-state index is 0.0806. The molecule has 214 valence electrons. The maximum Gasteiger partial charge on any atom is 0.301 e. The van der Waals surface area contributed by atoms with Gasteiger partial charge in [-0.25, -0.2) is 4.98 Å². The SMILES string of the molecule is CCOc1cc(C2/C(=C(\O)c3nc4c(C)cccn4c3C)C(=O)C(=O)N2c2nnc(C)s2)ccc1OCCC(C)C. The maximum absolute atomic E-state index is 13.6. The summed E-state index contributed by atoms with van der Waals surface area (Å²) in [6, 6.07) is 8.11.